The summed E-state index contributed by atoms with van der Waals surface area (Å²) in [7, 11) is 0. The van der Waals surface area contributed by atoms with Crippen molar-refractivity contribution < 1.29 is 23.6 Å². The van der Waals surface area contributed by atoms with Crippen molar-refractivity contribution in [2.45, 2.75) is 57.0 Å². The first-order chi connectivity index (χ1) is 17.4. The lowest BCUT2D eigenvalue weighted by molar-refractivity contribution is 0.0122. The molecule has 2 aliphatic carbocycles. The third kappa shape index (κ3) is 4.17. The molecule has 3 aliphatic rings. The third-order valence-electron chi connectivity index (χ3n) is 7.68. The summed E-state index contributed by atoms with van der Waals surface area (Å²) in [4.78, 5) is 13.6. The number of carbonyl (C=O) groups is 1. The molecule has 3 aromatic rings. The van der Waals surface area contributed by atoms with E-state index in [9.17, 15) is 14.3 Å². The second kappa shape index (κ2) is 9.36. The summed E-state index contributed by atoms with van der Waals surface area (Å²) in [5, 5.41) is 14.7. The maximum atomic E-state index is 13.5. The van der Waals surface area contributed by atoms with Gasteiger partial charge >= 0.3 is 5.97 Å². The first-order valence-electron chi connectivity index (χ1n) is 12.2. The minimum atomic E-state index is -1.11. The molecule has 6 nitrogen and oxygen atoms in total. The van der Waals surface area contributed by atoms with Gasteiger partial charge in [0.1, 0.15) is 18.1 Å². The van der Waals surface area contributed by atoms with Gasteiger partial charge in [-0.1, -0.05) is 34.4 Å². The van der Waals surface area contributed by atoms with Crippen LogP contribution in [0, 0.1) is 5.92 Å². The number of piperidine rings is 1. The lowest BCUT2D eigenvalue weighted by atomic mass is 10.0. The SMILES string of the molecule is O=C(O)c1ccc(N2C[C@@H]3C[C@H]2C[C@H]3OCc2c(-c3c(Cl)cccc3Cl)noc2C2CC2)cc1CF. The van der Waals surface area contributed by atoms with E-state index in [0.29, 0.717) is 39.7 Å². The molecular formula is C27H25Cl2FN2O4. The van der Waals surface area contributed by atoms with Gasteiger partial charge in [-0.3, -0.25) is 0 Å². The van der Waals surface area contributed by atoms with Crippen LogP contribution in [0.2, 0.25) is 10.0 Å². The van der Waals surface area contributed by atoms with Crippen molar-refractivity contribution in [1.82, 2.24) is 5.16 Å². The van der Waals surface area contributed by atoms with Gasteiger partial charge in [0.25, 0.3) is 0 Å². The molecule has 1 aromatic heterocycles. The minimum Gasteiger partial charge on any atom is -0.478 e. The topological polar surface area (TPSA) is 75.8 Å². The summed E-state index contributed by atoms with van der Waals surface area (Å²) < 4.78 is 25.7. The van der Waals surface area contributed by atoms with Gasteiger partial charge in [-0.25, -0.2) is 9.18 Å². The molecule has 2 bridgehead atoms. The van der Waals surface area contributed by atoms with E-state index in [1.807, 2.05) is 0 Å². The molecule has 0 amide bonds. The van der Waals surface area contributed by atoms with E-state index in [1.165, 1.54) is 6.07 Å². The molecular weight excluding hydrogens is 506 g/mol. The Balaban J connectivity index is 1.18. The number of anilines is 1. The molecule has 1 aliphatic heterocycles. The fourth-order valence-electron chi connectivity index (χ4n) is 5.74. The van der Waals surface area contributed by atoms with Crippen molar-refractivity contribution in [2.24, 2.45) is 5.92 Å². The summed E-state index contributed by atoms with van der Waals surface area (Å²) in [6, 6.07) is 10.6. The Morgan fingerprint density at radius 2 is 1.97 bits per heavy atom. The number of hydrogen-bond donors (Lipinski definition) is 1. The molecule has 1 saturated heterocycles. The molecule has 6 rings (SSSR count). The van der Waals surface area contributed by atoms with Crippen molar-refractivity contribution in [3.05, 3.63) is 68.9 Å². The van der Waals surface area contributed by atoms with E-state index in [-0.39, 0.29) is 23.3 Å². The first kappa shape index (κ1) is 23.8. The van der Waals surface area contributed by atoms with E-state index in [4.69, 9.17) is 32.5 Å². The zero-order valence-electron chi connectivity index (χ0n) is 19.4. The highest BCUT2D eigenvalue weighted by molar-refractivity contribution is 6.39. The number of ether oxygens (including phenoxy) is 1. The highest BCUT2D eigenvalue weighted by Crippen LogP contribution is 2.47. The van der Waals surface area contributed by atoms with Crippen molar-refractivity contribution in [2.75, 3.05) is 11.4 Å². The van der Waals surface area contributed by atoms with Crippen LogP contribution in [0.4, 0.5) is 10.1 Å². The molecule has 0 unspecified atom stereocenters. The van der Waals surface area contributed by atoms with Crippen molar-refractivity contribution in [3.8, 4) is 11.3 Å². The Hall–Kier alpha value is -2.61. The Bertz CT molecular complexity index is 1300. The number of hydrogen-bond acceptors (Lipinski definition) is 5. The minimum absolute atomic E-state index is 0.0152. The van der Waals surface area contributed by atoms with Gasteiger partial charge < -0.3 is 19.3 Å². The molecule has 9 heteroatoms. The van der Waals surface area contributed by atoms with Crippen molar-refractivity contribution in [1.29, 1.82) is 0 Å². The summed E-state index contributed by atoms with van der Waals surface area (Å²) in [5.41, 5.74) is 3.33. The number of fused-ring (bicyclic) bond motifs is 2. The van der Waals surface area contributed by atoms with E-state index >= 15 is 0 Å². The summed E-state index contributed by atoms with van der Waals surface area (Å²) in [6.07, 6.45) is 4.06. The number of alkyl halides is 1. The zero-order chi connectivity index (χ0) is 25.0. The monoisotopic (exact) mass is 530 g/mol. The number of rotatable bonds is 8. The lowest BCUT2D eigenvalue weighted by Crippen LogP contribution is -2.38. The molecule has 2 aromatic carbocycles. The smallest absolute Gasteiger partial charge is 0.336 e. The normalized spacial score (nSPS) is 23.0. The predicted molar refractivity (Wildman–Crippen MR) is 135 cm³/mol. The van der Waals surface area contributed by atoms with Crippen LogP contribution >= 0.6 is 23.2 Å². The highest BCUT2D eigenvalue weighted by atomic mass is 35.5. The predicted octanol–water partition coefficient (Wildman–Crippen LogP) is 6.88. The Morgan fingerprint density at radius 3 is 2.61 bits per heavy atom. The largest absolute Gasteiger partial charge is 0.478 e. The summed E-state index contributed by atoms with van der Waals surface area (Å²) in [6.45, 7) is 0.359. The molecule has 3 atom stereocenters. The highest BCUT2D eigenvalue weighted by Gasteiger charge is 2.46. The van der Waals surface area contributed by atoms with Gasteiger partial charge in [0, 0.05) is 41.2 Å². The van der Waals surface area contributed by atoms with Gasteiger partial charge in [-0.2, -0.15) is 0 Å². The Labute approximate surface area is 217 Å². The average molecular weight is 531 g/mol. The average Bonchev–Trinajstić information content (AvgIpc) is 3.32. The molecule has 1 N–H and O–H groups in total. The number of carboxylic acids is 1. The number of carboxylic acid groups (broad SMARTS) is 1. The van der Waals surface area contributed by atoms with Crippen LogP contribution in [0.15, 0.2) is 40.9 Å². The van der Waals surface area contributed by atoms with E-state index in [2.05, 4.69) is 10.1 Å². The Kier molecular flexibility index (Phi) is 6.18. The van der Waals surface area contributed by atoms with Crippen LogP contribution in [-0.2, 0) is 18.0 Å². The Morgan fingerprint density at radius 1 is 1.19 bits per heavy atom. The molecule has 36 heavy (non-hydrogen) atoms. The molecule has 2 heterocycles. The molecule has 2 saturated carbocycles. The zero-order valence-corrected chi connectivity index (χ0v) is 20.9. The maximum Gasteiger partial charge on any atom is 0.336 e. The van der Waals surface area contributed by atoms with Crippen LogP contribution in [0.1, 0.15) is 58.8 Å². The third-order valence-corrected chi connectivity index (χ3v) is 8.31. The van der Waals surface area contributed by atoms with Crippen molar-refractivity contribution >= 4 is 34.9 Å². The number of aromatic nitrogens is 1. The van der Waals surface area contributed by atoms with Gasteiger partial charge in [0.05, 0.1) is 28.3 Å². The van der Waals surface area contributed by atoms with E-state index in [1.54, 1.807) is 30.3 Å². The maximum absolute atomic E-state index is 13.5. The van der Waals surface area contributed by atoms with Crippen LogP contribution in [0.3, 0.4) is 0 Å². The van der Waals surface area contributed by atoms with Crippen LogP contribution in [0.25, 0.3) is 11.3 Å². The molecule has 3 fully saturated rings. The van der Waals surface area contributed by atoms with Gasteiger partial charge in [-0.05, 0) is 61.6 Å². The van der Waals surface area contributed by atoms with Crippen molar-refractivity contribution in [3.63, 3.8) is 0 Å². The second-order valence-corrected chi connectivity index (χ2v) is 10.7. The quantitative estimate of drug-likeness (QED) is 0.342. The molecule has 0 spiro atoms. The van der Waals surface area contributed by atoms with Crippen LogP contribution in [0.5, 0.6) is 0 Å². The summed E-state index contributed by atoms with van der Waals surface area (Å²) >= 11 is 12.9. The fourth-order valence-corrected chi connectivity index (χ4v) is 6.32. The van der Waals surface area contributed by atoms with Gasteiger partial charge in [0.15, 0.2) is 0 Å². The summed E-state index contributed by atoms with van der Waals surface area (Å²) in [5.74, 6) is 0.449. The number of halogens is 3. The van der Waals surface area contributed by atoms with Crippen LogP contribution < -0.4 is 4.90 Å². The second-order valence-electron chi connectivity index (χ2n) is 9.91. The number of benzene rings is 2. The van der Waals surface area contributed by atoms with Gasteiger partial charge in [-0.15, -0.1) is 0 Å². The number of aromatic carboxylic acids is 1. The van der Waals surface area contributed by atoms with E-state index in [0.717, 1.165) is 49.2 Å². The first-order valence-corrected chi connectivity index (χ1v) is 12.9. The lowest BCUT2D eigenvalue weighted by Gasteiger charge is -2.33. The fraction of sp³-hybridized carbons (Fsp3) is 0.407. The molecule has 0 radical (unpaired) electrons. The van der Waals surface area contributed by atoms with Crippen LogP contribution in [-0.4, -0.2) is 34.9 Å². The molecule has 188 valence electrons. The van der Waals surface area contributed by atoms with Gasteiger partial charge in [0.2, 0.25) is 0 Å². The number of nitrogens with zero attached hydrogens (tertiary/aromatic N) is 2. The standard InChI is InChI=1S/C27H25Cl2FN2O4/c28-21-2-1-3-22(29)24(21)25-20(26(36-31-25)14-4-5-14)13-35-23-10-18-9-16(23)12-32(18)17-6-7-19(27(33)34)15(8-17)11-30/h1-3,6-8,14,16,18,23H,4-5,9-13H2,(H,33,34)/t16-,18-,23+/m0/s1. The van der Waals surface area contributed by atoms with E-state index < -0.39 is 12.6 Å².